The number of pyridine rings is 2. The summed E-state index contributed by atoms with van der Waals surface area (Å²) in [7, 11) is 15.0. The molecule has 0 spiro atoms. The number of aromatic nitrogens is 8. The SMILES string of the molecule is C#CC(=O)N[C@H]1CCC[C@H]1Nc1cc2c(cn1)cc(-c1c(Cl)c(OC)cc(OC)c1Cl)c(=O)n2C.C#CC(=O)N[C@H]1CCC[C@H]1Nc1ncc2cc(-c3c(Cl)c(OC)cc(OC)c3Cl)cc(OC)c2n1.C=CC(=O)N[C@H]1CCCC[C@H]1Nc1ncc2c(F)c(-c3c(Cl)c(OC)cc(OC)c3Cl)ccc2n1.C=CC(=O)N[C@H]1CCOC[C@H]1Nc1ncc2cc(-c3c(Cl)c(OC)cc(OC)c3Cl)c(F)cc2n1. The number of terminal acetylenes is 2. The van der Waals surface area contributed by atoms with Gasteiger partial charge < -0.3 is 94.5 Å². The van der Waals surface area contributed by atoms with E-state index in [1.54, 1.807) is 87.3 Å². The highest BCUT2D eigenvalue weighted by molar-refractivity contribution is 6.43. The van der Waals surface area contributed by atoms with E-state index >= 15 is 8.78 Å². The first-order valence-corrected chi connectivity index (χ1v) is 46.7. The van der Waals surface area contributed by atoms with Crippen molar-refractivity contribution in [3.63, 3.8) is 0 Å². The second kappa shape index (κ2) is 47.3. The summed E-state index contributed by atoms with van der Waals surface area (Å²) in [4.78, 5) is 91.6. The van der Waals surface area contributed by atoms with E-state index < -0.39 is 23.4 Å². The fraction of sp³-hybridized carbons (Fsp3) is 0.313. The molecule has 0 bridgehead atoms. The number of hydrogen-bond acceptors (Lipinski definition) is 26. The molecule has 31 nitrogen and oxygen atoms in total. The summed E-state index contributed by atoms with van der Waals surface area (Å²) in [5, 5.41) is 28.7. The largest absolute Gasteiger partial charge is 0.495 e. The predicted octanol–water partition coefficient (Wildman–Crippen LogP) is 19.1. The summed E-state index contributed by atoms with van der Waals surface area (Å²) in [6.07, 6.45) is 28.9. The Morgan fingerprint density at radius 2 is 0.829 bits per heavy atom. The minimum absolute atomic E-state index is 0.0181. The number of amides is 4. The Morgan fingerprint density at radius 3 is 1.32 bits per heavy atom. The average molecular weight is 2070 g/mol. The van der Waals surface area contributed by atoms with Gasteiger partial charge in [0.05, 0.1) is 150 Å². The Morgan fingerprint density at radius 1 is 0.429 bits per heavy atom. The van der Waals surface area contributed by atoms with Crippen LogP contribution in [0.2, 0.25) is 40.2 Å². The number of hydrogen-bond donors (Lipinski definition) is 8. The molecule has 4 fully saturated rings. The van der Waals surface area contributed by atoms with Crippen LogP contribution in [0.15, 0.2) is 128 Å². The van der Waals surface area contributed by atoms with E-state index in [2.05, 4.69) is 102 Å². The molecular weight excluding hydrogens is 1970 g/mol. The van der Waals surface area contributed by atoms with Gasteiger partial charge in [-0.25, -0.2) is 43.7 Å². The second-order valence-corrected chi connectivity index (χ2v) is 35.3. The molecule has 0 radical (unpaired) electrons. The van der Waals surface area contributed by atoms with E-state index in [-0.39, 0.29) is 129 Å². The molecule has 7 aromatic carbocycles. The number of aryl methyl sites for hydroxylation is 1. The highest BCUT2D eigenvalue weighted by Crippen LogP contribution is 2.52. The molecule has 732 valence electrons. The molecule has 12 aromatic rings. The van der Waals surface area contributed by atoms with E-state index in [0.29, 0.717) is 154 Å². The Kier molecular flexibility index (Phi) is 35.2. The van der Waals surface area contributed by atoms with Crippen molar-refractivity contribution in [1.82, 2.24) is 60.7 Å². The van der Waals surface area contributed by atoms with Gasteiger partial charge in [-0.1, -0.05) is 119 Å². The van der Waals surface area contributed by atoms with Crippen LogP contribution in [-0.4, -0.2) is 189 Å². The average Bonchev–Trinajstić information content (AvgIpc) is 0.997. The highest BCUT2D eigenvalue weighted by atomic mass is 35.5. The summed E-state index contributed by atoms with van der Waals surface area (Å²) in [5.74, 6) is 6.59. The van der Waals surface area contributed by atoms with E-state index in [4.69, 9.17) is 153 Å². The van der Waals surface area contributed by atoms with Gasteiger partial charge in [0, 0.05) is 161 Å². The molecule has 140 heavy (non-hydrogen) atoms. The lowest BCUT2D eigenvalue weighted by Crippen LogP contribution is -2.52. The van der Waals surface area contributed by atoms with Crippen LogP contribution in [0.3, 0.4) is 0 Å². The molecule has 5 aromatic heterocycles. The number of fused-ring (bicyclic) bond motifs is 4. The van der Waals surface area contributed by atoms with Gasteiger partial charge in [-0.15, -0.1) is 12.8 Å². The van der Waals surface area contributed by atoms with Gasteiger partial charge in [-0.3, -0.25) is 24.0 Å². The van der Waals surface area contributed by atoms with Crippen LogP contribution in [0.4, 0.5) is 32.4 Å². The zero-order chi connectivity index (χ0) is 101. The lowest BCUT2D eigenvalue weighted by Gasteiger charge is -2.32. The Balaban J connectivity index is 0.000000157. The third-order valence-corrected chi connectivity index (χ3v) is 27.1. The van der Waals surface area contributed by atoms with Gasteiger partial charge in [0.2, 0.25) is 29.7 Å². The number of carbonyl (C=O) groups is 4. The molecule has 0 unspecified atom stereocenters. The van der Waals surface area contributed by atoms with Crippen LogP contribution in [0.25, 0.3) is 88.1 Å². The maximum atomic E-state index is 15.7. The van der Waals surface area contributed by atoms with Crippen molar-refractivity contribution in [3.8, 4) is 121 Å². The van der Waals surface area contributed by atoms with Gasteiger partial charge in [0.25, 0.3) is 17.4 Å². The molecular formula is C99H96Cl8F2N16O15. The zero-order valence-corrected chi connectivity index (χ0v) is 83.3. The quantitative estimate of drug-likeness (QED) is 0.0175. The summed E-state index contributed by atoms with van der Waals surface area (Å²) in [5.41, 5.74) is 4.45. The normalized spacial score (nSPS) is 17.4. The summed E-state index contributed by atoms with van der Waals surface area (Å²) < 4.78 is 86.3. The van der Waals surface area contributed by atoms with E-state index in [9.17, 15) is 24.0 Å². The third-order valence-electron chi connectivity index (χ3n) is 24.1. The van der Waals surface area contributed by atoms with Crippen molar-refractivity contribution in [2.45, 2.75) is 119 Å². The van der Waals surface area contributed by atoms with Crippen LogP contribution in [0.5, 0.6) is 51.7 Å². The van der Waals surface area contributed by atoms with Crippen LogP contribution < -0.4 is 90.7 Å². The zero-order valence-electron chi connectivity index (χ0n) is 77.3. The first kappa shape index (κ1) is 104. The molecule has 6 heterocycles. The topological polar surface area (TPSA) is 369 Å². The predicted molar refractivity (Wildman–Crippen MR) is 543 cm³/mol. The fourth-order valence-electron chi connectivity index (χ4n) is 17.0. The third kappa shape index (κ3) is 23.1. The number of ether oxygens (including phenoxy) is 10. The highest BCUT2D eigenvalue weighted by Gasteiger charge is 2.35. The molecule has 41 heteroatoms. The molecule has 8 N–H and O–H groups in total. The van der Waals surface area contributed by atoms with Crippen LogP contribution in [0.1, 0.15) is 70.6 Å². The lowest BCUT2D eigenvalue weighted by molar-refractivity contribution is -0.118. The lowest BCUT2D eigenvalue weighted by atomic mass is 9.90. The van der Waals surface area contributed by atoms with Gasteiger partial charge in [-0.2, -0.15) is 0 Å². The van der Waals surface area contributed by atoms with Crippen LogP contribution in [0, 0.1) is 36.3 Å². The molecule has 3 saturated carbocycles. The number of benzene rings is 7. The monoisotopic (exact) mass is 2070 g/mol. The number of nitrogens with zero attached hydrogens (tertiary/aromatic N) is 8. The summed E-state index contributed by atoms with van der Waals surface area (Å²) in [6.45, 7) is 7.87. The minimum atomic E-state index is -0.585. The van der Waals surface area contributed by atoms with Gasteiger partial charge in [0.1, 0.15) is 74.7 Å². The number of anilines is 4. The minimum Gasteiger partial charge on any atom is -0.495 e. The van der Waals surface area contributed by atoms with Crippen molar-refractivity contribution in [2.75, 3.05) is 98.5 Å². The van der Waals surface area contributed by atoms with Gasteiger partial charge in [0.15, 0.2) is 0 Å². The Hall–Kier alpha value is -13.1. The molecule has 8 atom stereocenters. The summed E-state index contributed by atoms with van der Waals surface area (Å²) >= 11 is 52.3. The first-order chi connectivity index (χ1) is 67.4. The van der Waals surface area contributed by atoms with E-state index in [0.717, 1.165) is 69.6 Å². The molecule has 16 rings (SSSR count). The number of carbonyl (C=O) groups excluding carboxylic acids is 4. The van der Waals surface area contributed by atoms with Crippen molar-refractivity contribution in [2.24, 2.45) is 7.05 Å². The van der Waals surface area contributed by atoms with Crippen molar-refractivity contribution in [3.05, 3.63) is 185 Å². The fourth-order valence-corrected chi connectivity index (χ4v) is 19.8. The van der Waals surface area contributed by atoms with E-state index in [1.165, 1.54) is 91.9 Å². The molecule has 4 aliphatic rings. The molecule has 3 aliphatic carbocycles. The number of methoxy groups -OCH3 is 9. The summed E-state index contributed by atoms with van der Waals surface area (Å²) in [6, 6.07) is 18.8. The van der Waals surface area contributed by atoms with Crippen LogP contribution >= 0.6 is 92.8 Å². The standard InChI is InChI=1S/C25H25Cl2FN4O3.2C25H24Cl2N4O4.C24H23Cl2FN4O4/c1-4-20(33)30-16-7-5-6-8-17(16)32-25-29-12-14-15(31-25)10-9-13(24(14)28)21-22(26)18(34-2)11-19(35-3)23(21)27;1-5-21(32)30-16-8-6-7-15(16)29-20-10-17-13(12-28-20)9-14(25(33)31(17)2)22-23(26)18(34-3)11-19(35-4)24(22)27;1-5-20(32)29-15-7-6-8-16(15)30-25-28-12-14-9-13(10-19(35-4)24(14)31-25)21-22(26)17(33-2)11-18(34-3)23(21)27;1-4-20(32)29-15-5-6-35-11-17(15)31-24-28-10-12-7-13(14(27)8-16(12)30-24)21-22(25)18(33-2)9-19(34-3)23(21)26/h4,9-12,16-17H,1,5-8H2,2-3H3,(H,30,33)(H,29,31,32);1,9-12,15-16H,6-8H2,2-4H3,(H,28,29)(H,30,32);1,9-12,15-16H,6-8H2,2-4H3,(H,29,32)(H,28,30,31);4,7-10,15,17H,1,5-6,11H2,2-3H3,(H,29,32)(H,28,30,31)/t16-,17+;2*15-,16+;15-,17+/m0100/s1. The first-order valence-electron chi connectivity index (χ1n) is 43.6. The van der Waals surface area contributed by atoms with Crippen molar-refractivity contribution in [1.29, 1.82) is 0 Å². The number of nitrogens with one attached hydrogen (secondary N) is 8. The van der Waals surface area contributed by atoms with Gasteiger partial charge >= 0.3 is 0 Å². The van der Waals surface area contributed by atoms with Crippen molar-refractivity contribution < 1.29 is 75.3 Å². The number of rotatable bonds is 27. The molecule has 4 amide bonds. The van der Waals surface area contributed by atoms with Crippen molar-refractivity contribution >= 4 is 184 Å². The maximum Gasteiger partial charge on any atom is 0.295 e. The maximum absolute atomic E-state index is 15.7. The van der Waals surface area contributed by atoms with Gasteiger partial charge in [-0.05, 0) is 124 Å². The smallest absolute Gasteiger partial charge is 0.295 e. The second-order valence-electron chi connectivity index (χ2n) is 32.2. The Labute approximate surface area is 844 Å². The molecule has 1 saturated heterocycles. The Bertz CT molecular complexity index is 6710. The van der Waals surface area contributed by atoms with Crippen LogP contribution in [-0.2, 0) is 31.0 Å². The number of halogens is 10. The molecule has 1 aliphatic heterocycles. The van der Waals surface area contributed by atoms with E-state index in [1.807, 2.05) is 6.07 Å².